The van der Waals surface area contributed by atoms with Crippen LogP contribution in [-0.4, -0.2) is 17.9 Å². The molecule has 104 valence electrons. The molecule has 0 aliphatic rings. The van der Waals surface area contributed by atoms with E-state index in [4.69, 9.17) is 0 Å². The van der Waals surface area contributed by atoms with Crippen molar-refractivity contribution in [2.45, 2.75) is 78.2 Å². The van der Waals surface area contributed by atoms with E-state index in [0.29, 0.717) is 12.3 Å². The predicted octanol–water partition coefficient (Wildman–Crippen LogP) is 4.05. The molecular weight excluding hydrogens is 232 g/mol. The molecule has 0 amide bonds. The molecule has 0 bridgehead atoms. The second kappa shape index (κ2) is 4.56. The summed E-state index contributed by atoms with van der Waals surface area (Å²) in [5, 5.41) is 0. The van der Waals surface area contributed by atoms with Crippen LogP contribution in [0.5, 0.6) is 0 Å². The Morgan fingerprint density at radius 3 is 1.47 bits per heavy atom. The molecule has 2 nitrogen and oxygen atoms in total. The van der Waals surface area contributed by atoms with Gasteiger partial charge in [0.05, 0.1) is 9.49 Å². The Morgan fingerprint density at radius 2 is 1.24 bits per heavy atom. The Kier molecular flexibility index (Phi) is 4.55. The quantitative estimate of drug-likeness (QED) is 0.769. The first-order valence-electron chi connectivity index (χ1n) is 6.37. The van der Waals surface area contributed by atoms with E-state index in [2.05, 4.69) is 27.7 Å². The van der Waals surface area contributed by atoms with Gasteiger partial charge in [-0.15, -0.1) is 0 Å². The molecule has 0 rings (SSSR count). The molecule has 3 heteroatoms. The van der Waals surface area contributed by atoms with Crippen molar-refractivity contribution in [2.24, 2.45) is 11.3 Å². The predicted molar refractivity (Wildman–Crippen MR) is 76.0 cm³/mol. The number of hydrogen-bond acceptors (Lipinski definition) is 2. The van der Waals surface area contributed by atoms with E-state index in [1.165, 1.54) is 0 Å². The molecule has 0 N–H and O–H groups in total. The molecule has 0 aliphatic heterocycles. The minimum Gasteiger partial charge on any atom is -0.228 e. The van der Waals surface area contributed by atoms with Gasteiger partial charge in [0, 0.05) is 0 Å². The summed E-state index contributed by atoms with van der Waals surface area (Å²) < 4.78 is 23.7. The lowest BCUT2D eigenvalue weighted by Gasteiger charge is -2.38. The second-order valence-electron chi connectivity index (χ2n) is 7.85. The molecule has 0 aromatic heterocycles. The van der Waals surface area contributed by atoms with Gasteiger partial charge in [-0.05, 0) is 52.4 Å². The fraction of sp³-hybridized carbons (Fsp3) is 1.00. The van der Waals surface area contributed by atoms with Crippen LogP contribution in [0.3, 0.4) is 0 Å². The van der Waals surface area contributed by atoms with Crippen LogP contribution in [0.25, 0.3) is 0 Å². The van der Waals surface area contributed by atoms with E-state index >= 15 is 0 Å². The van der Waals surface area contributed by atoms with E-state index in [9.17, 15) is 8.42 Å². The summed E-state index contributed by atoms with van der Waals surface area (Å²) in [5.74, 6) is 0.370. The molecule has 0 radical (unpaired) electrons. The zero-order valence-corrected chi connectivity index (χ0v) is 13.8. The summed E-state index contributed by atoms with van der Waals surface area (Å²) in [7, 11) is -3.13. The third-order valence-electron chi connectivity index (χ3n) is 3.81. The van der Waals surface area contributed by atoms with Crippen molar-refractivity contribution < 1.29 is 8.42 Å². The molecule has 0 aromatic carbocycles. The largest absolute Gasteiger partial charge is 0.228 e. The van der Waals surface area contributed by atoms with Gasteiger partial charge < -0.3 is 0 Å². The Labute approximate surface area is 108 Å². The molecule has 0 aliphatic carbocycles. The molecule has 0 heterocycles. The molecule has 0 saturated heterocycles. The molecule has 0 saturated carbocycles. The third kappa shape index (κ3) is 3.70. The highest BCUT2D eigenvalue weighted by Gasteiger charge is 2.44. The first kappa shape index (κ1) is 16.9. The van der Waals surface area contributed by atoms with Gasteiger partial charge in [-0.1, -0.05) is 27.7 Å². The topological polar surface area (TPSA) is 34.1 Å². The third-order valence-corrected chi connectivity index (χ3v) is 7.04. The van der Waals surface area contributed by atoms with E-state index in [1.807, 2.05) is 13.8 Å². The van der Waals surface area contributed by atoms with Gasteiger partial charge in [0.15, 0.2) is 9.84 Å². The van der Waals surface area contributed by atoms with Crippen molar-refractivity contribution >= 4 is 9.84 Å². The lowest BCUT2D eigenvalue weighted by atomic mass is 9.77. The zero-order valence-electron chi connectivity index (χ0n) is 13.0. The summed E-state index contributed by atoms with van der Waals surface area (Å²) >= 11 is 0. The van der Waals surface area contributed by atoms with Gasteiger partial charge >= 0.3 is 0 Å². The van der Waals surface area contributed by atoms with E-state index in [-0.39, 0.29) is 5.41 Å². The van der Waals surface area contributed by atoms with Gasteiger partial charge in [0.2, 0.25) is 0 Å². The van der Waals surface area contributed by atoms with Crippen LogP contribution < -0.4 is 0 Å². The minimum absolute atomic E-state index is 0.144. The average molecular weight is 262 g/mol. The van der Waals surface area contributed by atoms with Crippen molar-refractivity contribution in [3.05, 3.63) is 0 Å². The van der Waals surface area contributed by atoms with Crippen molar-refractivity contribution in [3.8, 4) is 0 Å². The zero-order chi connectivity index (χ0) is 14.3. The maximum absolute atomic E-state index is 12.5. The van der Waals surface area contributed by atoms with Crippen molar-refractivity contribution in [3.63, 3.8) is 0 Å². The molecule has 0 spiro atoms. The molecule has 0 aromatic rings. The fourth-order valence-corrected chi connectivity index (χ4v) is 4.11. The first-order valence-corrected chi connectivity index (χ1v) is 7.85. The molecule has 1 atom stereocenters. The Hall–Kier alpha value is -0.0500. The van der Waals surface area contributed by atoms with Crippen LogP contribution in [0.1, 0.15) is 68.7 Å². The minimum atomic E-state index is -3.13. The monoisotopic (exact) mass is 262 g/mol. The van der Waals surface area contributed by atoms with Crippen LogP contribution in [0, 0.1) is 11.3 Å². The lowest BCUT2D eigenvalue weighted by Crippen LogP contribution is -2.45. The summed E-state index contributed by atoms with van der Waals surface area (Å²) in [6, 6.07) is 0. The summed E-state index contributed by atoms with van der Waals surface area (Å²) in [5.41, 5.74) is 0.144. The number of sulfone groups is 1. The highest BCUT2D eigenvalue weighted by Crippen LogP contribution is 2.38. The highest BCUT2D eigenvalue weighted by molar-refractivity contribution is 7.94. The lowest BCUT2D eigenvalue weighted by molar-refractivity contribution is 0.228. The second-order valence-corrected chi connectivity index (χ2v) is 11.2. The van der Waals surface area contributed by atoms with Gasteiger partial charge in [0.1, 0.15) is 0 Å². The molecule has 1 unspecified atom stereocenters. The standard InChI is InChI=1S/C14H30O2S/c1-11(12(2,3)4)10-14(8,9)17(15,16)13(5,6)7/h11H,10H2,1-9H3. The number of hydrogen-bond donors (Lipinski definition) is 0. The van der Waals surface area contributed by atoms with E-state index < -0.39 is 19.3 Å². The van der Waals surface area contributed by atoms with Gasteiger partial charge in [-0.2, -0.15) is 0 Å². The molecule has 17 heavy (non-hydrogen) atoms. The van der Waals surface area contributed by atoms with Crippen LogP contribution >= 0.6 is 0 Å². The maximum Gasteiger partial charge on any atom is 0.160 e. The highest BCUT2D eigenvalue weighted by atomic mass is 32.2. The average Bonchev–Trinajstić information content (AvgIpc) is 1.98. The van der Waals surface area contributed by atoms with Crippen molar-refractivity contribution in [2.75, 3.05) is 0 Å². The van der Waals surface area contributed by atoms with E-state index in [0.717, 1.165) is 0 Å². The number of rotatable bonds is 3. The Morgan fingerprint density at radius 1 is 0.882 bits per heavy atom. The Balaban J connectivity index is 5.20. The van der Waals surface area contributed by atoms with Gasteiger partial charge in [-0.3, -0.25) is 0 Å². The van der Waals surface area contributed by atoms with Crippen LogP contribution in [-0.2, 0) is 9.84 Å². The smallest absolute Gasteiger partial charge is 0.160 e. The maximum atomic E-state index is 12.5. The summed E-state index contributed by atoms with van der Waals surface area (Å²) in [4.78, 5) is 0. The fourth-order valence-electron chi connectivity index (χ4n) is 1.98. The molecular formula is C14H30O2S. The van der Waals surface area contributed by atoms with Crippen LogP contribution in [0.15, 0.2) is 0 Å². The molecule has 0 fully saturated rings. The normalized spacial score (nSPS) is 17.0. The summed E-state index contributed by atoms with van der Waals surface area (Å²) in [6.07, 6.45) is 0.704. The SMILES string of the molecule is CC(CC(C)(C)S(=O)(=O)C(C)(C)C)C(C)(C)C. The van der Waals surface area contributed by atoms with Crippen molar-refractivity contribution in [1.82, 2.24) is 0 Å². The van der Waals surface area contributed by atoms with Gasteiger partial charge in [0.25, 0.3) is 0 Å². The van der Waals surface area contributed by atoms with Gasteiger partial charge in [-0.25, -0.2) is 8.42 Å². The van der Waals surface area contributed by atoms with E-state index in [1.54, 1.807) is 20.8 Å². The van der Waals surface area contributed by atoms with Crippen LogP contribution in [0.4, 0.5) is 0 Å². The van der Waals surface area contributed by atoms with Crippen molar-refractivity contribution in [1.29, 1.82) is 0 Å². The Bertz CT molecular complexity index is 351. The summed E-state index contributed by atoms with van der Waals surface area (Å²) in [6.45, 7) is 17.7. The van der Waals surface area contributed by atoms with Crippen LogP contribution in [0.2, 0.25) is 0 Å². The first-order chi connectivity index (χ1) is 7.13.